The first-order valence-electron chi connectivity index (χ1n) is 2.83. The molecule has 0 rings (SSSR count). The van der Waals surface area contributed by atoms with Crippen LogP contribution < -0.4 is 5.32 Å². The van der Waals surface area contributed by atoms with Crippen LogP contribution >= 0.6 is 0 Å². The molecule has 0 saturated carbocycles. The van der Waals surface area contributed by atoms with Crippen LogP contribution in [0.25, 0.3) is 0 Å². The molecule has 0 spiro atoms. The van der Waals surface area contributed by atoms with Gasteiger partial charge >= 0.3 is 0 Å². The molecule has 0 aliphatic heterocycles. The number of amides is 1. The van der Waals surface area contributed by atoms with Gasteiger partial charge in [0.05, 0.1) is 0 Å². The summed E-state index contributed by atoms with van der Waals surface area (Å²) >= 11 is 0. The van der Waals surface area contributed by atoms with E-state index in [0.717, 1.165) is 0 Å². The van der Waals surface area contributed by atoms with Crippen LogP contribution in [0.5, 0.6) is 0 Å². The highest BCUT2D eigenvalue weighted by molar-refractivity contribution is 5.92. The van der Waals surface area contributed by atoms with E-state index in [-0.39, 0.29) is 11.9 Å². The van der Waals surface area contributed by atoms with E-state index in [1.165, 1.54) is 0 Å². The van der Waals surface area contributed by atoms with Crippen LogP contribution in [0.3, 0.4) is 0 Å². The van der Waals surface area contributed by atoms with Gasteiger partial charge in [-0.3, -0.25) is 4.79 Å². The van der Waals surface area contributed by atoms with Crippen LogP contribution in [0.1, 0.15) is 13.8 Å². The second kappa shape index (κ2) is 3.28. The van der Waals surface area contributed by atoms with Crippen LogP contribution in [-0.4, -0.2) is 11.9 Å². The van der Waals surface area contributed by atoms with Gasteiger partial charge < -0.3 is 5.32 Å². The Kier molecular flexibility index (Phi) is 2.99. The Labute approximate surface area is 56.0 Å². The van der Waals surface area contributed by atoms with Gasteiger partial charge in [-0.05, 0) is 20.8 Å². The van der Waals surface area contributed by atoms with Gasteiger partial charge in [0.15, 0.2) is 0 Å². The molecule has 0 bridgehead atoms. The summed E-state index contributed by atoms with van der Waals surface area (Å²) in [6.07, 6.45) is 0. The van der Waals surface area contributed by atoms with Crippen LogP contribution in [0, 0.1) is 6.92 Å². The van der Waals surface area contributed by atoms with E-state index in [1.807, 2.05) is 0 Å². The standard InChI is InChI=1S/C7H12NO/c1-5(2)7(9)8-6(3)4/h6H,1,3H2,2,4H3,(H,8,9). The molecule has 1 amide bonds. The minimum Gasteiger partial charge on any atom is -0.350 e. The summed E-state index contributed by atoms with van der Waals surface area (Å²) < 4.78 is 0. The summed E-state index contributed by atoms with van der Waals surface area (Å²) in [5.74, 6) is -0.127. The summed E-state index contributed by atoms with van der Waals surface area (Å²) in [6.45, 7) is 10.5. The van der Waals surface area contributed by atoms with E-state index in [0.29, 0.717) is 5.57 Å². The lowest BCUT2D eigenvalue weighted by Gasteiger charge is -2.06. The van der Waals surface area contributed by atoms with E-state index in [4.69, 9.17) is 0 Å². The van der Waals surface area contributed by atoms with Gasteiger partial charge in [0.25, 0.3) is 0 Å². The maximum atomic E-state index is 10.7. The van der Waals surface area contributed by atoms with E-state index in [1.54, 1.807) is 13.8 Å². The fourth-order valence-corrected chi connectivity index (χ4v) is 0.347. The molecule has 0 saturated heterocycles. The lowest BCUT2D eigenvalue weighted by atomic mass is 10.3. The van der Waals surface area contributed by atoms with Crippen molar-refractivity contribution in [1.82, 2.24) is 5.32 Å². The first-order valence-corrected chi connectivity index (χ1v) is 2.83. The number of carbonyl (C=O) groups excluding carboxylic acids is 1. The molecule has 0 aromatic rings. The highest BCUT2D eigenvalue weighted by Crippen LogP contribution is 1.86. The lowest BCUT2D eigenvalue weighted by Crippen LogP contribution is -2.30. The van der Waals surface area contributed by atoms with Crippen molar-refractivity contribution >= 4 is 5.91 Å². The van der Waals surface area contributed by atoms with Gasteiger partial charge in [-0.1, -0.05) is 6.58 Å². The Bertz CT molecular complexity index is 127. The molecular formula is C7H12NO. The molecular weight excluding hydrogens is 114 g/mol. The molecule has 0 aliphatic rings. The third-order valence-electron chi connectivity index (χ3n) is 0.765. The van der Waals surface area contributed by atoms with Crippen LogP contribution in [0.15, 0.2) is 12.2 Å². The maximum Gasteiger partial charge on any atom is 0.246 e. The minimum atomic E-state index is -0.127. The number of hydrogen-bond donors (Lipinski definition) is 1. The van der Waals surface area contributed by atoms with Crippen LogP contribution in [-0.2, 0) is 4.79 Å². The summed E-state index contributed by atoms with van der Waals surface area (Å²) in [6, 6.07) is -0.0470. The first kappa shape index (κ1) is 8.21. The Morgan fingerprint density at radius 1 is 1.67 bits per heavy atom. The monoisotopic (exact) mass is 126 g/mol. The van der Waals surface area contributed by atoms with E-state index >= 15 is 0 Å². The van der Waals surface area contributed by atoms with Gasteiger partial charge in [-0.25, -0.2) is 0 Å². The normalized spacial score (nSPS) is 9.33. The van der Waals surface area contributed by atoms with Gasteiger partial charge in [-0.15, -0.1) is 0 Å². The van der Waals surface area contributed by atoms with E-state index in [9.17, 15) is 4.79 Å². The summed E-state index contributed by atoms with van der Waals surface area (Å²) in [5, 5.41) is 2.59. The quantitative estimate of drug-likeness (QED) is 0.547. The average Bonchev–Trinajstić information content (AvgIpc) is 1.63. The van der Waals surface area contributed by atoms with Crippen molar-refractivity contribution in [3.05, 3.63) is 19.1 Å². The zero-order valence-electron chi connectivity index (χ0n) is 5.90. The number of nitrogens with one attached hydrogen (secondary N) is 1. The predicted molar refractivity (Wildman–Crippen MR) is 37.8 cm³/mol. The Hall–Kier alpha value is -0.790. The number of carbonyl (C=O) groups is 1. The molecule has 9 heavy (non-hydrogen) atoms. The molecule has 2 nitrogen and oxygen atoms in total. The SMILES string of the molecule is [CH2]C(C)NC(=O)C(=C)C. The van der Waals surface area contributed by atoms with Gasteiger partial charge in [0.2, 0.25) is 5.91 Å². The molecule has 1 atom stereocenters. The number of rotatable bonds is 2. The van der Waals surface area contributed by atoms with Crippen molar-refractivity contribution < 1.29 is 4.79 Å². The third-order valence-corrected chi connectivity index (χ3v) is 0.765. The fraction of sp³-hybridized carbons (Fsp3) is 0.429. The Balaban J connectivity index is 3.65. The summed E-state index contributed by atoms with van der Waals surface area (Å²) in [5.41, 5.74) is 0.519. The zero-order valence-corrected chi connectivity index (χ0v) is 5.90. The highest BCUT2D eigenvalue weighted by Gasteiger charge is 2.01. The average molecular weight is 126 g/mol. The highest BCUT2D eigenvalue weighted by atomic mass is 16.1. The van der Waals surface area contributed by atoms with Crippen molar-refractivity contribution in [3.63, 3.8) is 0 Å². The minimum absolute atomic E-state index is 0.0470. The predicted octanol–water partition coefficient (Wildman–Crippen LogP) is 0.901. The molecule has 0 fully saturated rings. The zero-order chi connectivity index (χ0) is 7.44. The first-order chi connectivity index (χ1) is 4.04. The van der Waals surface area contributed by atoms with Crippen LogP contribution in [0.4, 0.5) is 0 Å². The topological polar surface area (TPSA) is 29.1 Å². The van der Waals surface area contributed by atoms with Crippen LogP contribution in [0.2, 0.25) is 0 Å². The van der Waals surface area contributed by atoms with Gasteiger partial charge in [0.1, 0.15) is 0 Å². The smallest absolute Gasteiger partial charge is 0.246 e. The molecule has 0 aromatic carbocycles. The Morgan fingerprint density at radius 2 is 2.11 bits per heavy atom. The van der Waals surface area contributed by atoms with E-state index in [2.05, 4.69) is 18.8 Å². The maximum absolute atomic E-state index is 10.7. The van der Waals surface area contributed by atoms with E-state index < -0.39 is 0 Å². The molecule has 1 N–H and O–H groups in total. The van der Waals surface area contributed by atoms with Crippen molar-refractivity contribution in [1.29, 1.82) is 0 Å². The molecule has 2 heteroatoms. The second-order valence-electron chi connectivity index (χ2n) is 2.15. The van der Waals surface area contributed by atoms with Crippen molar-refractivity contribution in [2.75, 3.05) is 0 Å². The summed E-state index contributed by atoms with van der Waals surface area (Å²) in [4.78, 5) is 10.7. The third kappa shape index (κ3) is 3.76. The molecule has 1 radical (unpaired) electrons. The Morgan fingerprint density at radius 3 is 2.22 bits per heavy atom. The molecule has 0 aromatic heterocycles. The molecule has 1 unspecified atom stereocenters. The van der Waals surface area contributed by atoms with Crippen molar-refractivity contribution in [3.8, 4) is 0 Å². The fourth-order valence-electron chi connectivity index (χ4n) is 0.347. The number of hydrogen-bond acceptors (Lipinski definition) is 1. The second-order valence-corrected chi connectivity index (χ2v) is 2.15. The summed E-state index contributed by atoms with van der Waals surface area (Å²) in [7, 11) is 0. The lowest BCUT2D eigenvalue weighted by molar-refractivity contribution is -0.117. The largest absolute Gasteiger partial charge is 0.350 e. The van der Waals surface area contributed by atoms with Gasteiger partial charge in [-0.2, -0.15) is 0 Å². The van der Waals surface area contributed by atoms with Crippen molar-refractivity contribution in [2.45, 2.75) is 19.9 Å². The molecule has 0 aliphatic carbocycles. The van der Waals surface area contributed by atoms with Crippen molar-refractivity contribution in [2.24, 2.45) is 0 Å². The van der Waals surface area contributed by atoms with Gasteiger partial charge in [0, 0.05) is 11.6 Å². The molecule has 51 valence electrons. The molecule has 0 heterocycles.